The Morgan fingerprint density at radius 3 is 2.44 bits per heavy atom. The SMILES string of the molecule is N#Cc1ccc(N2CC(C#N)CC2=O)cc1C#N. The van der Waals surface area contributed by atoms with E-state index in [2.05, 4.69) is 6.07 Å². The van der Waals surface area contributed by atoms with Crippen molar-refractivity contribution in [2.45, 2.75) is 6.42 Å². The molecule has 5 heteroatoms. The molecule has 0 saturated carbocycles. The molecule has 1 amide bonds. The smallest absolute Gasteiger partial charge is 0.228 e. The quantitative estimate of drug-likeness (QED) is 0.734. The van der Waals surface area contributed by atoms with Crippen molar-refractivity contribution in [1.82, 2.24) is 0 Å². The average molecular weight is 236 g/mol. The molecule has 1 heterocycles. The summed E-state index contributed by atoms with van der Waals surface area (Å²) in [5, 5.41) is 26.5. The van der Waals surface area contributed by atoms with Crippen LogP contribution in [0.25, 0.3) is 0 Å². The third kappa shape index (κ3) is 1.88. The standard InChI is InChI=1S/C13H8N4O/c14-5-9-3-13(18)17(8-9)12-2-1-10(6-15)11(4-12)7-16/h1-2,4,9H,3,8H2. The second-order valence-electron chi connectivity index (χ2n) is 3.99. The number of hydrogen-bond donors (Lipinski definition) is 0. The summed E-state index contributed by atoms with van der Waals surface area (Å²) < 4.78 is 0. The van der Waals surface area contributed by atoms with Crippen LogP contribution in [0.3, 0.4) is 0 Å². The Labute approximate surface area is 104 Å². The summed E-state index contributed by atoms with van der Waals surface area (Å²) in [7, 11) is 0. The maximum absolute atomic E-state index is 11.7. The summed E-state index contributed by atoms with van der Waals surface area (Å²) >= 11 is 0. The lowest BCUT2D eigenvalue weighted by Gasteiger charge is -2.16. The van der Waals surface area contributed by atoms with Crippen molar-refractivity contribution in [2.24, 2.45) is 5.92 Å². The molecule has 5 nitrogen and oxygen atoms in total. The molecule has 18 heavy (non-hydrogen) atoms. The molecule has 0 N–H and O–H groups in total. The van der Waals surface area contributed by atoms with Gasteiger partial charge in [0.25, 0.3) is 0 Å². The summed E-state index contributed by atoms with van der Waals surface area (Å²) in [6.07, 6.45) is 0.207. The van der Waals surface area contributed by atoms with Crippen LogP contribution in [0.2, 0.25) is 0 Å². The first-order valence-electron chi connectivity index (χ1n) is 5.34. The molecule has 1 aliphatic rings. The van der Waals surface area contributed by atoms with Crippen molar-refractivity contribution in [1.29, 1.82) is 15.8 Å². The number of rotatable bonds is 1. The lowest BCUT2D eigenvalue weighted by Crippen LogP contribution is -2.24. The Kier molecular flexibility index (Phi) is 2.96. The van der Waals surface area contributed by atoms with Gasteiger partial charge in [0.05, 0.1) is 23.1 Å². The Balaban J connectivity index is 2.37. The van der Waals surface area contributed by atoms with Gasteiger partial charge in [-0.3, -0.25) is 4.79 Å². The molecule has 1 fully saturated rings. The van der Waals surface area contributed by atoms with E-state index < -0.39 is 0 Å². The fraction of sp³-hybridized carbons (Fsp3) is 0.231. The van der Waals surface area contributed by atoms with Crippen LogP contribution in [0.1, 0.15) is 17.5 Å². The van der Waals surface area contributed by atoms with E-state index in [1.165, 1.54) is 17.0 Å². The molecule has 0 radical (unpaired) electrons. The zero-order chi connectivity index (χ0) is 13.1. The van der Waals surface area contributed by atoms with E-state index in [1.54, 1.807) is 6.07 Å². The van der Waals surface area contributed by atoms with Crippen molar-refractivity contribution in [2.75, 3.05) is 11.4 Å². The predicted molar refractivity (Wildman–Crippen MR) is 61.9 cm³/mol. The van der Waals surface area contributed by atoms with Gasteiger partial charge in [0.2, 0.25) is 5.91 Å². The minimum Gasteiger partial charge on any atom is -0.311 e. The molecular weight excluding hydrogens is 228 g/mol. The summed E-state index contributed by atoms with van der Waals surface area (Å²) in [4.78, 5) is 13.2. The third-order valence-corrected chi connectivity index (χ3v) is 2.86. The molecule has 0 spiro atoms. The number of nitrogens with zero attached hydrogens (tertiary/aromatic N) is 4. The highest BCUT2D eigenvalue weighted by molar-refractivity contribution is 5.96. The van der Waals surface area contributed by atoms with Gasteiger partial charge in [0.1, 0.15) is 12.1 Å². The number of anilines is 1. The zero-order valence-electron chi connectivity index (χ0n) is 9.42. The van der Waals surface area contributed by atoms with Crippen LogP contribution in [0, 0.1) is 39.9 Å². The van der Waals surface area contributed by atoms with E-state index in [0.29, 0.717) is 12.2 Å². The fourth-order valence-corrected chi connectivity index (χ4v) is 1.93. The van der Waals surface area contributed by atoms with E-state index >= 15 is 0 Å². The highest BCUT2D eigenvalue weighted by Gasteiger charge is 2.30. The molecule has 1 aromatic rings. The van der Waals surface area contributed by atoms with Crippen LogP contribution >= 0.6 is 0 Å². The van der Waals surface area contributed by atoms with Crippen LogP contribution in [0.4, 0.5) is 5.69 Å². The zero-order valence-corrected chi connectivity index (χ0v) is 9.42. The number of amides is 1. The van der Waals surface area contributed by atoms with E-state index in [-0.39, 0.29) is 29.4 Å². The Bertz CT molecular complexity index is 630. The largest absolute Gasteiger partial charge is 0.311 e. The molecule has 1 atom stereocenters. The van der Waals surface area contributed by atoms with Gasteiger partial charge in [-0.1, -0.05) is 0 Å². The highest BCUT2D eigenvalue weighted by atomic mass is 16.2. The topological polar surface area (TPSA) is 91.7 Å². The first-order valence-corrected chi connectivity index (χ1v) is 5.34. The number of carbonyl (C=O) groups excluding carboxylic acids is 1. The van der Waals surface area contributed by atoms with E-state index in [1.807, 2.05) is 12.1 Å². The van der Waals surface area contributed by atoms with Crippen molar-refractivity contribution in [3.8, 4) is 18.2 Å². The third-order valence-electron chi connectivity index (χ3n) is 2.86. The van der Waals surface area contributed by atoms with E-state index in [9.17, 15) is 4.79 Å². The predicted octanol–water partition coefficient (Wildman–Crippen LogP) is 1.31. The fourth-order valence-electron chi connectivity index (χ4n) is 1.93. The van der Waals surface area contributed by atoms with E-state index in [0.717, 1.165) is 0 Å². The second kappa shape index (κ2) is 4.57. The Hall–Kier alpha value is -2.84. The summed E-state index contributed by atoms with van der Waals surface area (Å²) in [5.41, 5.74) is 1.08. The van der Waals surface area contributed by atoms with Gasteiger partial charge in [-0.15, -0.1) is 0 Å². The minimum absolute atomic E-state index is 0.129. The van der Waals surface area contributed by atoms with Gasteiger partial charge >= 0.3 is 0 Å². The van der Waals surface area contributed by atoms with Crippen LogP contribution < -0.4 is 4.90 Å². The normalized spacial score (nSPS) is 17.9. The molecule has 1 unspecified atom stereocenters. The van der Waals surface area contributed by atoms with Gasteiger partial charge in [0.15, 0.2) is 0 Å². The van der Waals surface area contributed by atoms with Gasteiger partial charge in [-0.25, -0.2) is 0 Å². The van der Waals surface area contributed by atoms with Crippen molar-refractivity contribution in [3.05, 3.63) is 29.3 Å². The van der Waals surface area contributed by atoms with E-state index in [4.69, 9.17) is 15.8 Å². The van der Waals surface area contributed by atoms with Crippen LogP contribution in [0.5, 0.6) is 0 Å². The number of carbonyl (C=O) groups is 1. The first-order chi connectivity index (χ1) is 8.69. The van der Waals surface area contributed by atoms with Crippen LogP contribution in [0.15, 0.2) is 18.2 Å². The van der Waals surface area contributed by atoms with Crippen molar-refractivity contribution < 1.29 is 4.79 Å². The molecule has 0 aromatic heterocycles. The molecule has 1 saturated heterocycles. The molecule has 0 aliphatic carbocycles. The summed E-state index contributed by atoms with van der Waals surface area (Å²) in [6.45, 7) is 0.339. The molecule has 86 valence electrons. The Morgan fingerprint density at radius 2 is 1.89 bits per heavy atom. The van der Waals surface area contributed by atoms with Crippen molar-refractivity contribution in [3.63, 3.8) is 0 Å². The summed E-state index contributed by atoms with van der Waals surface area (Å²) in [6, 6.07) is 10.6. The molecule has 0 bridgehead atoms. The number of nitriles is 3. The second-order valence-corrected chi connectivity index (χ2v) is 3.99. The maximum Gasteiger partial charge on any atom is 0.228 e. The number of benzene rings is 1. The molecule has 1 aromatic carbocycles. The summed E-state index contributed by atoms with van der Waals surface area (Å²) in [5.74, 6) is -0.436. The highest BCUT2D eigenvalue weighted by Crippen LogP contribution is 2.26. The number of hydrogen-bond acceptors (Lipinski definition) is 4. The Morgan fingerprint density at radius 1 is 1.17 bits per heavy atom. The lowest BCUT2D eigenvalue weighted by molar-refractivity contribution is -0.117. The maximum atomic E-state index is 11.7. The lowest BCUT2D eigenvalue weighted by atomic mass is 10.1. The van der Waals surface area contributed by atoms with Crippen molar-refractivity contribution >= 4 is 11.6 Å². The van der Waals surface area contributed by atoms with Crippen LogP contribution in [-0.4, -0.2) is 12.5 Å². The first kappa shape index (κ1) is 11.6. The molecule has 1 aliphatic heterocycles. The molecular formula is C13H8N4O. The molecule has 2 rings (SSSR count). The van der Waals surface area contributed by atoms with Gasteiger partial charge in [-0.05, 0) is 18.2 Å². The van der Waals surface area contributed by atoms with Gasteiger partial charge < -0.3 is 4.90 Å². The van der Waals surface area contributed by atoms with Gasteiger partial charge in [-0.2, -0.15) is 15.8 Å². The van der Waals surface area contributed by atoms with Crippen LogP contribution in [-0.2, 0) is 4.79 Å². The minimum atomic E-state index is -0.307. The monoisotopic (exact) mass is 236 g/mol. The average Bonchev–Trinajstić information content (AvgIpc) is 2.79. The van der Waals surface area contributed by atoms with Gasteiger partial charge in [0, 0.05) is 18.7 Å².